The van der Waals surface area contributed by atoms with Crippen LogP contribution >= 0.6 is 0 Å². The molecule has 0 aliphatic carbocycles. The Morgan fingerprint density at radius 3 is 2.31 bits per heavy atom. The van der Waals surface area contributed by atoms with Crippen molar-refractivity contribution in [1.29, 1.82) is 0 Å². The molecule has 0 bridgehead atoms. The Morgan fingerprint density at radius 2 is 1.67 bits per heavy atom. The molecule has 0 radical (unpaired) electrons. The number of rotatable bonds is 15. The van der Waals surface area contributed by atoms with Crippen molar-refractivity contribution in [2.24, 2.45) is 0 Å². The number of hydrogen-bond donors (Lipinski definition) is 1. The Kier molecular flexibility index (Phi) is 13.8. The van der Waals surface area contributed by atoms with Gasteiger partial charge in [0.05, 0.1) is 24.9 Å². The van der Waals surface area contributed by atoms with E-state index in [4.69, 9.17) is 14.2 Å². The van der Waals surface area contributed by atoms with Crippen LogP contribution in [0.1, 0.15) is 44.4 Å². The molecule has 0 atom stereocenters. The van der Waals surface area contributed by atoms with Crippen molar-refractivity contribution in [2.45, 2.75) is 54.0 Å². The van der Waals surface area contributed by atoms with Crippen LogP contribution in [0.25, 0.3) is 0 Å². The van der Waals surface area contributed by atoms with E-state index in [0.717, 1.165) is 49.4 Å². The molecule has 1 fully saturated rings. The summed E-state index contributed by atoms with van der Waals surface area (Å²) in [7, 11) is 1.52. The van der Waals surface area contributed by atoms with Crippen LogP contribution in [0.3, 0.4) is 0 Å². The maximum absolute atomic E-state index is 15.1. The summed E-state index contributed by atoms with van der Waals surface area (Å²) in [5, 5.41) is 2.99. The average Bonchev–Trinajstić information content (AvgIpc) is 3.15. The first-order valence-corrected chi connectivity index (χ1v) is 18.5. The molecule has 0 unspecified atom stereocenters. The number of aryl methyl sites for hydroxylation is 2. The number of nitrogens with zero attached hydrogens (tertiary/aromatic N) is 6. The minimum atomic E-state index is -0.739. The van der Waals surface area contributed by atoms with Gasteiger partial charge >= 0.3 is 6.09 Å². The summed E-state index contributed by atoms with van der Waals surface area (Å²) in [4.78, 5) is 43.6. The van der Waals surface area contributed by atoms with E-state index in [1.807, 2.05) is 52.0 Å². The summed E-state index contributed by atoms with van der Waals surface area (Å²) in [6, 6.07) is 17.6. The van der Waals surface area contributed by atoms with E-state index < -0.39 is 11.9 Å². The van der Waals surface area contributed by atoms with Crippen LogP contribution in [0.4, 0.5) is 32.2 Å². The highest BCUT2D eigenvalue weighted by molar-refractivity contribution is 6.00. The van der Waals surface area contributed by atoms with Crippen molar-refractivity contribution in [2.75, 3.05) is 69.7 Å². The van der Waals surface area contributed by atoms with E-state index in [9.17, 15) is 9.59 Å². The Balaban J connectivity index is 1.29. The molecule has 2 amide bonds. The lowest BCUT2D eigenvalue weighted by Crippen LogP contribution is -2.49. The summed E-state index contributed by atoms with van der Waals surface area (Å²) in [6.07, 6.45) is 0.897. The molecule has 0 saturated carbocycles. The lowest BCUT2D eigenvalue weighted by molar-refractivity contribution is -0.130. The van der Waals surface area contributed by atoms with E-state index in [-0.39, 0.29) is 29.9 Å². The lowest BCUT2D eigenvalue weighted by Gasteiger charge is -2.36. The van der Waals surface area contributed by atoms with Crippen LogP contribution in [0, 0.1) is 19.7 Å². The summed E-state index contributed by atoms with van der Waals surface area (Å²) < 4.78 is 32.5. The number of hydrogen-bond acceptors (Lipinski definition) is 10. The zero-order valence-corrected chi connectivity index (χ0v) is 32.4. The van der Waals surface area contributed by atoms with E-state index in [2.05, 4.69) is 38.9 Å². The average molecular weight is 742 g/mol. The smallest absolute Gasteiger partial charge is 0.425 e. The van der Waals surface area contributed by atoms with Gasteiger partial charge in [0.15, 0.2) is 11.6 Å². The Morgan fingerprint density at radius 1 is 0.944 bits per heavy atom. The number of para-hydroxylation sites is 1. The van der Waals surface area contributed by atoms with Crippen LogP contribution in [0.2, 0.25) is 0 Å². The lowest BCUT2D eigenvalue weighted by atomic mass is 10.1. The fourth-order valence-corrected chi connectivity index (χ4v) is 6.56. The van der Waals surface area contributed by atoms with Crippen LogP contribution in [-0.2, 0) is 11.2 Å². The molecular weight excluding hydrogens is 689 g/mol. The largest absolute Gasteiger partial charge is 0.495 e. The van der Waals surface area contributed by atoms with Gasteiger partial charge in [-0.3, -0.25) is 14.6 Å². The Bertz CT molecular complexity index is 1880. The van der Waals surface area contributed by atoms with Crippen molar-refractivity contribution in [1.82, 2.24) is 24.7 Å². The molecule has 288 valence electrons. The molecule has 54 heavy (non-hydrogen) atoms. The first-order valence-electron chi connectivity index (χ1n) is 18.5. The van der Waals surface area contributed by atoms with Gasteiger partial charge in [-0.1, -0.05) is 24.3 Å². The van der Waals surface area contributed by atoms with E-state index in [0.29, 0.717) is 48.5 Å². The second kappa shape index (κ2) is 18.7. The molecule has 5 rings (SSSR count). The van der Waals surface area contributed by atoms with Crippen molar-refractivity contribution >= 4 is 35.0 Å². The van der Waals surface area contributed by atoms with Gasteiger partial charge in [0.25, 0.3) is 0 Å². The van der Waals surface area contributed by atoms with Crippen molar-refractivity contribution in [3.63, 3.8) is 0 Å². The number of nitrogens with one attached hydrogen (secondary N) is 1. The van der Waals surface area contributed by atoms with Gasteiger partial charge in [0.1, 0.15) is 12.4 Å². The second-order valence-electron chi connectivity index (χ2n) is 13.5. The molecule has 4 aromatic rings. The minimum absolute atomic E-state index is 0.00260. The topological polar surface area (TPSA) is 113 Å². The second-order valence-corrected chi connectivity index (χ2v) is 13.5. The number of aromatic nitrogens is 2. The maximum atomic E-state index is 15.1. The summed E-state index contributed by atoms with van der Waals surface area (Å²) >= 11 is 0. The van der Waals surface area contributed by atoms with Crippen LogP contribution in [0.15, 0.2) is 66.9 Å². The number of likely N-dealkylation sites (N-methyl/N-ethyl adjacent to an activating group) is 1. The molecule has 1 aliphatic heterocycles. The molecule has 3 aromatic carbocycles. The van der Waals surface area contributed by atoms with Crippen LogP contribution in [-0.4, -0.2) is 102 Å². The number of anilines is 4. The van der Waals surface area contributed by atoms with Gasteiger partial charge in [-0.2, -0.15) is 4.98 Å². The van der Waals surface area contributed by atoms with Crippen molar-refractivity contribution < 1.29 is 28.2 Å². The zero-order chi connectivity index (χ0) is 38.8. The number of halogens is 1. The molecule has 0 spiro atoms. The highest BCUT2D eigenvalue weighted by atomic mass is 19.1. The fourth-order valence-electron chi connectivity index (χ4n) is 6.56. The third-order valence-electron chi connectivity index (χ3n) is 9.61. The monoisotopic (exact) mass is 741 g/mol. The molecule has 1 aliphatic rings. The van der Waals surface area contributed by atoms with E-state index in [1.165, 1.54) is 30.3 Å². The summed E-state index contributed by atoms with van der Waals surface area (Å²) in [6.45, 7) is 18.4. The summed E-state index contributed by atoms with van der Waals surface area (Å²) in [5.74, 6) is 0.117. The number of methoxy groups -OCH3 is 1. The van der Waals surface area contributed by atoms with Gasteiger partial charge in [-0.25, -0.2) is 19.1 Å². The number of ether oxygens (including phenoxy) is 3. The maximum Gasteiger partial charge on any atom is 0.425 e. The highest BCUT2D eigenvalue weighted by Gasteiger charge is 2.28. The first-order chi connectivity index (χ1) is 26.0. The minimum Gasteiger partial charge on any atom is -0.495 e. The molecule has 1 saturated heterocycles. The van der Waals surface area contributed by atoms with E-state index >= 15 is 4.39 Å². The van der Waals surface area contributed by atoms with E-state index in [1.54, 1.807) is 29.2 Å². The van der Waals surface area contributed by atoms with Crippen LogP contribution < -0.4 is 24.4 Å². The van der Waals surface area contributed by atoms with Crippen molar-refractivity contribution in [3.05, 3.63) is 89.4 Å². The normalized spacial score (nSPS) is 13.4. The Labute approximate surface area is 317 Å². The third-order valence-corrected chi connectivity index (χ3v) is 9.61. The fraction of sp³-hybridized carbons (Fsp3) is 0.415. The third kappa shape index (κ3) is 10.0. The van der Waals surface area contributed by atoms with Gasteiger partial charge in [-0.15, -0.1) is 0 Å². The first kappa shape index (κ1) is 39.9. The van der Waals surface area contributed by atoms with Crippen molar-refractivity contribution in [3.8, 4) is 17.4 Å². The number of carbonyl (C=O) groups excluding carboxylic acids is 2. The number of piperazine rings is 1. The molecule has 1 aromatic heterocycles. The van der Waals surface area contributed by atoms with Gasteiger partial charge in [-0.05, 0) is 82.5 Å². The predicted molar refractivity (Wildman–Crippen MR) is 209 cm³/mol. The van der Waals surface area contributed by atoms with Gasteiger partial charge < -0.3 is 24.4 Å². The number of benzene rings is 3. The van der Waals surface area contributed by atoms with Gasteiger partial charge in [0, 0.05) is 75.9 Å². The highest BCUT2D eigenvalue weighted by Crippen LogP contribution is 2.39. The summed E-state index contributed by atoms with van der Waals surface area (Å²) in [5.41, 5.74) is 3.86. The molecule has 12 nitrogen and oxygen atoms in total. The molecule has 13 heteroatoms. The number of amides is 2. The van der Waals surface area contributed by atoms with Crippen LogP contribution in [0.5, 0.6) is 17.4 Å². The standard InChI is InChI=1S/C41H52FN7O5/c1-8-47(9-2)38(50)26-31-13-15-34(36(25-31)52-7)49(39-29(5)11-10-12-30(39)6)41(51)54-37-17-18-43-40(45-37)44-32-14-16-35(33(42)27-32)53-24-23-46-19-21-48(22-20-46)28(3)4/h10-18,25,27-28H,8-9,19-24,26H2,1-7H3,(H,43,44,45). The molecule has 1 N–H and O–H groups in total. The predicted octanol–water partition coefficient (Wildman–Crippen LogP) is 7.14. The van der Waals surface area contributed by atoms with Gasteiger partial charge in [0.2, 0.25) is 17.7 Å². The zero-order valence-electron chi connectivity index (χ0n) is 32.4. The SMILES string of the molecule is CCN(CC)C(=O)Cc1ccc(N(C(=O)Oc2ccnc(Nc3ccc(OCCN4CCN(C(C)C)CC4)c(F)c3)n2)c2c(C)cccc2C)c(OC)c1. The molecule has 2 heterocycles. The quantitative estimate of drug-likeness (QED) is 0.135. The Hall–Kier alpha value is -5.27. The molecular formula is C41H52FN7O5. The number of carbonyl (C=O) groups is 2.